The van der Waals surface area contributed by atoms with E-state index < -0.39 is 0 Å². The van der Waals surface area contributed by atoms with E-state index in [4.69, 9.17) is 4.52 Å². The molecule has 3 aromatic heterocycles. The third-order valence-electron chi connectivity index (χ3n) is 5.34. The van der Waals surface area contributed by atoms with Gasteiger partial charge in [-0.2, -0.15) is 4.98 Å². The van der Waals surface area contributed by atoms with Crippen LogP contribution >= 0.6 is 0 Å². The van der Waals surface area contributed by atoms with Crippen molar-refractivity contribution in [2.75, 3.05) is 19.6 Å². The molecule has 0 aromatic carbocycles. The Balaban J connectivity index is 1.44. The number of nitrogens with one attached hydrogen (secondary N) is 1. The van der Waals surface area contributed by atoms with Crippen molar-refractivity contribution in [1.82, 2.24) is 30.3 Å². The largest absolute Gasteiger partial charge is 0.356 e. The molecule has 0 radical (unpaired) electrons. The fourth-order valence-electron chi connectivity index (χ4n) is 3.72. The van der Waals surface area contributed by atoms with Gasteiger partial charge in [0.05, 0.1) is 0 Å². The molecule has 1 amide bonds. The molecule has 8 heteroatoms. The Labute approximate surface area is 175 Å². The average molecular weight is 406 g/mol. The predicted molar refractivity (Wildman–Crippen MR) is 111 cm³/mol. The third kappa shape index (κ3) is 5.48. The lowest BCUT2D eigenvalue weighted by atomic mass is 9.99. The molecular formula is C22H26N6O2. The highest BCUT2D eigenvalue weighted by molar-refractivity contribution is 5.76. The number of nitrogens with zero attached hydrogens (tertiary/aromatic N) is 5. The number of rotatable bonds is 4. The van der Waals surface area contributed by atoms with Crippen LogP contribution in [0.15, 0.2) is 53.6 Å². The van der Waals surface area contributed by atoms with Gasteiger partial charge in [-0.05, 0) is 49.6 Å². The molecule has 1 saturated heterocycles. The SMILES string of the molecule is O=C1CCN(Cc2cccnc2)CCCC(c2nc(-c3cccnc3)no2)CCN1. The van der Waals surface area contributed by atoms with Crippen molar-refractivity contribution in [2.45, 2.75) is 38.1 Å². The van der Waals surface area contributed by atoms with E-state index in [9.17, 15) is 4.79 Å². The molecule has 3 aromatic rings. The minimum absolute atomic E-state index is 0.0772. The molecule has 0 bridgehead atoms. The van der Waals surface area contributed by atoms with E-state index in [0.717, 1.165) is 50.0 Å². The van der Waals surface area contributed by atoms with Crippen molar-refractivity contribution in [3.05, 3.63) is 60.5 Å². The van der Waals surface area contributed by atoms with E-state index in [1.807, 2.05) is 24.4 Å². The lowest BCUT2D eigenvalue weighted by Gasteiger charge is -2.22. The van der Waals surface area contributed by atoms with Crippen molar-refractivity contribution < 1.29 is 9.32 Å². The van der Waals surface area contributed by atoms with Crippen molar-refractivity contribution >= 4 is 5.91 Å². The van der Waals surface area contributed by atoms with Crippen molar-refractivity contribution in [1.29, 1.82) is 0 Å². The lowest BCUT2D eigenvalue weighted by molar-refractivity contribution is -0.121. The molecule has 1 atom stereocenters. The number of carbonyl (C=O) groups excluding carboxylic acids is 1. The minimum atomic E-state index is 0.0772. The van der Waals surface area contributed by atoms with Crippen LogP contribution in [0.25, 0.3) is 11.4 Å². The van der Waals surface area contributed by atoms with Crippen LogP contribution in [0.2, 0.25) is 0 Å². The summed E-state index contributed by atoms with van der Waals surface area (Å²) < 4.78 is 5.58. The highest BCUT2D eigenvalue weighted by atomic mass is 16.5. The zero-order valence-corrected chi connectivity index (χ0v) is 16.9. The summed E-state index contributed by atoms with van der Waals surface area (Å²) in [7, 11) is 0. The van der Waals surface area contributed by atoms with Gasteiger partial charge in [0.2, 0.25) is 17.6 Å². The molecule has 0 aliphatic carbocycles. The van der Waals surface area contributed by atoms with Gasteiger partial charge in [0.15, 0.2) is 0 Å². The van der Waals surface area contributed by atoms with Gasteiger partial charge in [0, 0.05) is 62.3 Å². The first-order valence-corrected chi connectivity index (χ1v) is 10.4. The maximum atomic E-state index is 12.2. The average Bonchev–Trinajstić information content (AvgIpc) is 3.26. The molecule has 1 aliphatic heterocycles. The molecule has 4 rings (SSSR count). The topological polar surface area (TPSA) is 97.0 Å². The van der Waals surface area contributed by atoms with Crippen LogP contribution in [0, 0.1) is 0 Å². The maximum Gasteiger partial charge on any atom is 0.230 e. The van der Waals surface area contributed by atoms with Crippen molar-refractivity contribution in [3.8, 4) is 11.4 Å². The van der Waals surface area contributed by atoms with E-state index >= 15 is 0 Å². The second-order valence-electron chi connectivity index (χ2n) is 7.56. The van der Waals surface area contributed by atoms with Gasteiger partial charge in [-0.3, -0.25) is 19.7 Å². The zero-order chi connectivity index (χ0) is 20.6. The Hall–Kier alpha value is -3.13. The molecule has 1 fully saturated rings. The van der Waals surface area contributed by atoms with E-state index in [2.05, 4.69) is 36.4 Å². The summed E-state index contributed by atoms with van der Waals surface area (Å²) in [5, 5.41) is 7.16. The summed E-state index contributed by atoms with van der Waals surface area (Å²) in [6.07, 6.45) is 10.3. The van der Waals surface area contributed by atoms with Crippen LogP contribution in [-0.2, 0) is 11.3 Å². The number of hydrogen-bond donors (Lipinski definition) is 1. The fraction of sp³-hybridized carbons (Fsp3) is 0.409. The van der Waals surface area contributed by atoms with Gasteiger partial charge in [0.1, 0.15) is 0 Å². The second-order valence-corrected chi connectivity index (χ2v) is 7.56. The molecule has 30 heavy (non-hydrogen) atoms. The smallest absolute Gasteiger partial charge is 0.230 e. The Kier molecular flexibility index (Phi) is 6.76. The summed E-state index contributed by atoms with van der Waals surface area (Å²) >= 11 is 0. The molecule has 1 N–H and O–H groups in total. The molecular weight excluding hydrogens is 380 g/mol. The van der Waals surface area contributed by atoms with Crippen molar-refractivity contribution in [2.24, 2.45) is 0 Å². The van der Waals surface area contributed by atoms with Crippen LogP contribution in [0.4, 0.5) is 0 Å². The highest BCUT2D eigenvalue weighted by Gasteiger charge is 2.21. The predicted octanol–water partition coefficient (Wildman–Crippen LogP) is 2.80. The molecule has 8 nitrogen and oxygen atoms in total. The molecule has 0 saturated carbocycles. The molecule has 4 heterocycles. The Morgan fingerprint density at radius 2 is 1.97 bits per heavy atom. The minimum Gasteiger partial charge on any atom is -0.356 e. The van der Waals surface area contributed by atoms with E-state index in [1.165, 1.54) is 0 Å². The number of aromatic nitrogens is 4. The van der Waals surface area contributed by atoms with Gasteiger partial charge in [-0.15, -0.1) is 0 Å². The standard InChI is InChI=1S/C22H26N6O2/c29-20-8-13-28(16-17-4-1-9-23-14-17)12-3-6-18(7-11-25-20)22-26-21(27-30-22)19-5-2-10-24-15-19/h1-2,4-5,9-10,14-15,18H,3,6-8,11-13,16H2,(H,25,29). The highest BCUT2D eigenvalue weighted by Crippen LogP contribution is 2.26. The number of carbonyl (C=O) groups is 1. The van der Waals surface area contributed by atoms with E-state index in [0.29, 0.717) is 24.7 Å². The normalized spacial score (nSPS) is 19.1. The summed E-state index contributed by atoms with van der Waals surface area (Å²) in [4.78, 5) is 27.5. The number of amides is 1. The first kappa shape index (κ1) is 20.2. The first-order chi connectivity index (χ1) is 14.8. The van der Waals surface area contributed by atoms with Gasteiger partial charge in [-0.25, -0.2) is 0 Å². The van der Waals surface area contributed by atoms with E-state index in [1.54, 1.807) is 18.6 Å². The maximum absolute atomic E-state index is 12.2. The summed E-state index contributed by atoms with van der Waals surface area (Å²) in [5.74, 6) is 1.37. The summed E-state index contributed by atoms with van der Waals surface area (Å²) in [6, 6.07) is 7.78. The summed E-state index contributed by atoms with van der Waals surface area (Å²) in [5.41, 5.74) is 1.99. The van der Waals surface area contributed by atoms with E-state index in [-0.39, 0.29) is 11.8 Å². The number of hydrogen-bond acceptors (Lipinski definition) is 7. The van der Waals surface area contributed by atoms with Gasteiger partial charge in [-0.1, -0.05) is 11.2 Å². The monoisotopic (exact) mass is 406 g/mol. The molecule has 1 unspecified atom stereocenters. The second kappa shape index (κ2) is 10.1. The van der Waals surface area contributed by atoms with Crippen LogP contribution in [0.3, 0.4) is 0 Å². The molecule has 1 aliphatic rings. The third-order valence-corrected chi connectivity index (χ3v) is 5.34. The van der Waals surface area contributed by atoms with Crippen LogP contribution < -0.4 is 5.32 Å². The Bertz CT molecular complexity index is 931. The lowest BCUT2D eigenvalue weighted by Crippen LogP contribution is -2.31. The van der Waals surface area contributed by atoms with Gasteiger partial charge < -0.3 is 9.84 Å². The number of pyridine rings is 2. The zero-order valence-electron chi connectivity index (χ0n) is 16.9. The van der Waals surface area contributed by atoms with Crippen LogP contribution in [0.1, 0.15) is 43.1 Å². The Morgan fingerprint density at radius 3 is 2.77 bits per heavy atom. The van der Waals surface area contributed by atoms with Gasteiger partial charge >= 0.3 is 0 Å². The fourth-order valence-corrected chi connectivity index (χ4v) is 3.72. The van der Waals surface area contributed by atoms with Gasteiger partial charge in [0.25, 0.3) is 0 Å². The van der Waals surface area contributed by atoms with Crippen LogP contribution in [0.5, 0.6) is 0 Å². The quantitative estimate of drug-likeness (QED) is 0.711. The van der Waals surface area contributed by atoms with Crippen LogP contribution in [-0.4, -0.2) is 50.5 Å². The molecule has 156 valence electrons. The summed E-state index contributed by atoms with van der Waals surface area (Å²) in [6.45, 7) is 3.04. The Morgan fingerprint density at radius 1 is 1.10 bits per heavy atom. The van der Waals surface area contributed by atoms with Crippen molar-refractivity contribution in [3.63, 3.8) is 0 Å². The first-order valence-electron chi connectivity index (χ1n) is 10.4. The molecule has 0 spiro atoms.